The second-order valence-electron chi connectivity index (χ2n) is 6.54. The van der Waals surface area contributed by atoms with Crippen LogP contribution in [0.25, 0.3) is 11.3 Å². The van der Waals surface area contributed by atoms with Crippen LogP contribution in [0.15, 0.2) is 31.0 Å². The molecule has 9 heteroatoms. The third-order valence-electron chi connectivity index (χ3n) is 4.76. The Hall–Kier alpha value is -2.89. The van der Waals surface area contributed by atoms with E-state index in [4.69, 9.17) is 5.26 Å². The summed E-state index contributed by atoms with van der Waals surface area (Å²) in [6.45, 7) is 0.410. The quantitative estimate of drug-likeness (QED) is 0.838. The molecule has 0 aromatic carbocycles. The molecule has 1 aliphatic carbocycles. The van der Waals surface area contributed by atoms with Gasteiger partial charge in [-0.25, -0.2) is 18.7 Å². The van der Waals surface area contributed by atoms with Gasteiger partial charge in [0.2, 0.25) is 5.91 Å². The molecule has 3 heterocycles. The minimum absolute atomic E-state index is 0.142. The van der Waals surface area contributed by atoms with Crippen molar-refractivity contribution in [3.63, 3.8) is 0 Å². The van der Waals surface area contributed by atoms with Crippen molar-refractivity contribution in [2.75, 3.05) is 13.1 Å². The maximum Gasteiger partial charge on any atom is 0.260 e. The fraction of sp³-hybridized carbons (Fsp3) is 0.438. The Labute approximate surface area is 141 Å². The Morgan fingerprint density at radius 1 is 1.44 bits per heavy atom. The number of nitrogens with zero attached hydrogens (tertiary/aromatic N) is 6. The van der Waals surface area contributed by atoms with E-state index in [0.717, 1.165) is 5.56 Å². The lowest BCUT2D eigenvalue weighted by Gasteiger charge is -2.49. The fourth-order valence-electron chi connectivity index (χ4n) is 3.18. The molecule has 1 aliphatic heterocycles. The van der Waals surface area contributed by atoms with Gasteiger partial charge in [0.1, 0.15) is 17.8 Å². The zero-order valence-corrected chi connectivity index (χ0v) is 13.1. The summed E-state index contributed by atoms with van der Waals surface area (Å²) in [6, 6.07) is 3.85. The molecular weight excluding hydrogens is 330 g/mol. The van der Waals surface area contributed by atoms with Crippen molar-refractivity contribution in [1.29, 1.82) is 5.26 Å². The van der Waals surface area contributed by atoms with Gasteiger partial charge in [-0.1, -0.05) is 0 Å². The largest absolute Gasteiger partial charge is 0.337 e. The third-order valence-corrected chi connectivity index (χ3v) is 4.76. The molecule has 1 saturated carbocycles. The summed E-state index contributed by atoms with van der Waals surface area (Å²) in [6.07, 6.45) is 6.19. The summed E-state index contributed by atoms with van der Waals surface area (Å²) < 4.78 is 27.8. The van der Waals surface area contributed by atoms with Crippen molar-refractivity contribution in [3.05, 3.63) is 31.0 Å². The van der Waals surface area contributed by atoms with E-state index < -0.39 is 23.3 Å². The highest BCUT2D eigenvalue weighted by molar-refractivity contribution is 5.84. The van der Waals surface area contributed by atoms with Crippen molar-refractivity contribution < 1.29 is 13.6 Å². The standard InChI is InChI=1S/C16H14F2N6O/c17-16(18)5-12(16)14(25)23-8-15(9-23,2-3-19)24-7-11(6-22-24)13-1-4-20-10-21-13/h1,4,6-7,10,12H,2,5,8-9H2. The zero-order valence-electron chi connectivity index (χ0n) is 13.1. The van der Waals surface area contributed by atoms with Gasteiger partial charge in [-0.3, -0.25) is 9.48 Å². The second-order valence-corrected chi connectivity index (χ2v) is 6.54. The van der Waals surface area contributed by atoms with Crippen molar-refractivity contribution in [3.8, 4) is 17.3 Å². The van der Waals surface area contributed by atoms with E-state index in [2.05, 4.69) is 21.1 Å². The first-order chi connectivity index (χ1) is 12.0. The summed E-state index contributed by atoms with van der Waals surface area (Å²) in [5.74, 6) is -4.63. The van der Waals surface area contributed by atoms with Crippen LogP contribution in [0.1, 0.15) is 12.8 Å². The van der Waals surface area contributed by atoms with Gasteiger partial charge in [0.05, 0.1) is 24.4 Å². The van der Waals surface area contributed by atoms with Crippen molar-refractivity contribution in [2.24, 2.45) is 5.92 Å². The van der Waals surface area contributed by atoms with Crippen molar-refractivity contribution >= 4 is 5.91 Å². The molecule has 2 aromatic heterocycles. The van der Waals surface area contributed by atoms with E-state index in [1.807, 2.05) is 0 Å². The molecule has 0 radical (unpaired) electrons. The molecule has 4 rings (SSSR count). The SMILES string of the molecule is N#CCC1(n2cc(-c3ccncn3)cn2)CN(C(=O)C2CC2(F)F)C1. The van der Waals surface area contributed by atoms with Gasteiger partial charge in [0.25, 0.3) is 5.92 Å². The molecule has 2 aliphatic rings. The minimum atomic E-state index is -2.88. The fourth-order valence-corrected chi connectivity index (χ4v) is 3.18. The highest BCUT2D eigenvalue weighted by Crippen LogP contribution is 2.50. The van der Waals surface area contributed by atoms with Gasteiger partial charge in [0, 0.05) is 37.5 Å². The van der Waals surface area contributed by atoms with Crippen LogP contribution >= 0.6 is 0 Å². The van der Waals surface area contributed by atoms with Crippen LogP contribution in [0.5, 0.6) is 0 Å². The van der Waals surface area contributed by atoms with Crippen molar-refractivity contribution in [1.82, 2.24) is 24.6 Å². The first kappa shape index (κ1) is 15.6. The number of hydrogen-bond acceptors (Lipinski definition) is 5. The minimum Gasteiger partial charge on any atom is -0.337 e. The summed E-state index contributed by atoms with van der Waals surface area (Å²) in [7, 11) is 0. The number of rotatable bonds is 4. The van der Waals surface area contributed by atoms with Gasteiger partial charge in [-0.05, 0) is 6.07 Å². The molecule has 128 valence electrons. The van der Waals surface area contributed by atoms with Gasteiger partial charge in [-0.15, -0.1) is 0 Å². The number of halogens is 2. The molecule has 1 atom stereocenters. The maximum absolute atomic E-state index is 13.1. The monoisotopic (exact) mass is 344 g/mol. The number of likely N-dealkylation sites (tertiary alicyclic amines) is 1. The Kier molecular flexibility index (Phi) is 3.32. The average Bonchev–Trinajstić information content (AvgIpc) is 2.98. The molecular formula is C16H14F2N6O. The number of amides is 1. The van der Waals surface area contributed by atoms with E-state index in [9.17, 15) is 13.6 Å². The molecule has 0 bridgehead atoms. The maximum atomic E-state index is 13.1. The smallest absolute Gasteiger partial charge is 0.260 e. The number of alkyl halides is 2. The van der Waals surface area contributed by atoms with Gasteiger partial charge in [0.15, 0.2) is 0 Å². The Morgan fingerprint density at radius 3 is 2.80 bits per heavy atom. The van der Waals surface area contributed by atoms with Gasteiger partial charge >= 0.3 is 0 Å². The van der Waals surface area contributed by atoms with Crippen LogP contribution in [0.2, 0.25) is 0 Å². The second kappa shape index (κ2) is 5.31. The molecule has 0 spiro atoms. The van der Waals surface area contributed by atoms with E-state index in [0.29, 0.717) is 5.69 Å². The van der Waals surface area contributed by atoms with Crippen LogP contribution in [0, 0.1) is 17.2 Å². The van der Waals surface area contributed by atoms with Crippen LogP contribution < -0.4 is 0 Å². The number of hydrogen-bond donors (Lipinski definition) is 0. The number of aromatic nitrogens is 4. The van der Waals surface area contributed by atoms with E-state index in [-0.39, 0.29) is 25.9 Å². The number of carbonyl (C=O) groups excluding carboxylic acids is 1. The number of carbonyl (C=O) groups is 1. The first-order valence-corrected chi connectivity index (χ1v) is 7.80. The lowest BCUT2D eigenvalue weighted by Crippen LogP contribution is -2.64. The first-order valence-electron chi connectivity index (χ1n) is 7.80. The average molecular weight is 344 g/mol. The molecule has 0 N–H and O–H groups in total. The van der Waals surface area contributed by atoms with E-state index >= 15 is 0 Å². The molecule has 7 nitrogen and oxygen atoms in total. The topological polar surface area (TPSA) is 87.7 Å². The lowest BCUT2D eigenvalue weighted by atomic mass is 9.86. The lowest BCUT2D eigenvalue weighted by molar-refractivity contribution is -0.146. The molecule has 1 saturated heterocycles. The normalized spacial score (nSPS) is 22.8. The predicted octanol–water partition coefficient (Wildman–Crippen LogP) is 1.45. The summed E-state index contributed by atoms with van der Waals surface area (Å²) >= 11 is 0. The molecule has 25 heavy (non-hydrogen) atoms. The van der Waals surface area contributed by atoms with Crippen molar-refractivity contribution in [2.45, 2.75) is 24.3 Å². The summed E-state index contributed by atoms with van der Waals surface area (Å²) in [4.78, 5) is 21.5. The van der Waals surface area contributed by atoms with E-state index in [1.54, 1.807) is 29.3 Å². The van der Waals surface area contributed by atoms with Gasteiger partial charge < -0.3 is 4.90 Å². The molecule has 2 aromatic rings. The van der Waals surface area contributed by atoms with E-state index in [1.165, 1.54) is 11.2 Å². The molecule has 1 unspecified atom stereocenters. The number of nitriles is 1. The molecule has 2 fully saturated rings. The Morgan fingerprint density at radius 2 is 2.20 bits per heavy atom. The summed E-state index contributed by atoms with van der Waals surface area (Å²) in [5, 5.41) is 13.5. The molecule has 1 amide bonds. The summed E-state index contributed by atoms with van der Waals surface area (Å²) in [5.41, 5.74) is 0.774. The Bertz CT molecular complexity index is 853. The van der Waals surface area contributed by atoms with Crippen LogP contribution in [0.4, 0.5) is 8.78 Å². The van der Waals surface area contributed by atoms with Crippen LogP contribution in [0.3, 0.4) is 0 Å². The Balaban J connectivity index is 1.53. The van der Waals surface area contributed by atoms with Crippen LogP contribution in [-0.2, 0) is 10.3 Å². The zero-order chi connectivity index (χ0) is 17.7. The highest BCUT2D eigenvalue weighted by atomic mass is 19.3. The van der Waals surface area contributed by atoms with Crippen LogP contribution in [-0.4, -0.2) is 49.6 Å². The third kappa shape index (κ3) is 2.54. The highest BCUT2D eigenvalue weighted by Gasteiger charge is 2.64. The predicted molar refractivity (Wildman–Crippen MR) is 81.1 cm³/mol. The van der Waals surface area contributed by atoms with Gasteiger partial charge in [-0.2, -0.15) is 10.4 Å².